The first-order valence-corrected chi connectivity index (χ1v) is 7.38. The van der Waals surface area contributed by atoms with E-state index < -0.39 is 11.7 Å². The Hall–Kier alpha value is -1.54. The lowest BCUT2D eigenvalue weighted by molar-refractivity contribution is -0.0858. The van der Waals surface area contributed by atoms with Crippen molar-refractivity contribution in [3.63, 3.8) is 0 Å². The molecule has 0 aliphatic heterocycles. The summed E-state index contributed by atoms with van der Waals surface area (Å²) in [4.78, 5) is 14.9. The Labute approximate surface area is 133 Å². The molecule has 0 radical (unpaired) electrons. The van der Waals surface area contributed by atoms with Crippen molar-refractivity contribution in [3.8, 4) is 5.88 Å². The number of ether oxygens (including phenoxy) is 2. The van der Waals surface area contributed by atoms with Gasteiger partial charge < -0.3 is 15.2 Å². The lowest BCUT2D eigenvalue weighted by Gasteiger charge is -2.43. The third-order valence-corrected chi connectivity index (χ3v) is 4.10. The maximum Gasteiger partial charge on any atom is 0.404 e. The summed E-state index contributed by atoms with van der Waals surface area (Å²) >= 11 is 9.37. The fourth-order valence-electron chi connectivity index (χ4n) is 2.46. The monoisotopic (exact) mass is 374 g/mol. The summed E-state index contributed by atoms with van der Waals surface area (Å²) in [5, 5.41) is 4.43. The number of carbonyl (C=O) groups excluding carboxylic acids is 1. The van der Waals surface area contributed by atoms with Crippen molar-refractivity contribution >= 4 is 39.1 Å². The summed E-state index contributed by atoms with van der Waals surface area (Å²) in [5.74, 6) is 0.381. The van der Waals surface area contributed by atoms with Crippen LogP contribution in [0.5, 0.6) is 5.88 Å². The third kappa shape index (κ3) is 2.77. The van der Waals surface area contributed by atoms with E-state index in [1.807, 2.05) is 6.92 Å². The van der Waals surface area contributed by atoms with Gasteiger partial charge in [-0.2, -0.15) is 10.1 Å². The fourth-order valence-corrected chi connectivity index (χ4v) is 3.07. The molecule has 2 aromatic heterocycles. The van der Waals surface area contributed by atoms with Crippen LogP contribution in [0.4, 0.5) is 4.79 Å². The van der Waals surface area contributed by atoms with Gasteiger partial charge >= 0.3 is 6.09 Å². The molecular weight excluding hydrogens is 364 g/mol. The number of fused-ring (bicyclic) bond motifs is 1. The minimum Gasteiger partial charge on any atom is -0.469 e. The number of hydrogen-bond donors (Lipinski definition) is 1. The predicted octanol–water partition coefficient (Wildman–Crippen LogP) is 2.54. The van der Waals surface area contributed by atoms with Crippen molar-refractivity contribution in [3.05, 3.63) is 22.0 Å². The Morgan fingerprint density at radius 3 is 3.00 bits per heavy atom. The summed E-state index contributed by atoms with van der Waals surface area (Å²) < 4.78 is 13.2. The Balaban J connectivity index is 1.83. The van der Waals surface area contributed by atoms with E-state index in [4.69, 9.17) is 26.8 Å². The van der Waals surface area contributed by atoms with Crippen LogP contribution in [-0.2, 0) is 4.74 Å². The molecule has 0 spiro atoms. The minimum absolute atomic E-state index is 0.226. The normalized spacial score (nSPS) is 24.6. The summed E-state index contributed by atoms with van der Waals surface area (Å²) in [6, 6.07) is 0. The summed E-state index contributed by atoms with van der Waals surface area (Å²) in [7, 11) is 0. The number of nitrogens with zero attached hydrogens (tertiary/aromatic N) is 3. The quantitative estimate of drug-likeness (QED) is 0.890. The van der Waals surface area contributed by atoms with Crippen molar-refractivity contribution in [1.29, 1.82) is 0 Å². The summed E-state index contributed by atoms with van der Waals surface area (Å²) in [6.07, 6.45) is 3.32. The van der Waals surface area contributed by atoms with Crippen molar-refractivity contribution < 1.29 is 14.3 Å². The van der Waals surface area contributed by atoms with Gasteiger partial charge in [0.25, 0.3) is 0 Å². The van der Waals surface area contributed by atoms with E-state index in [0.29, 0.717) is 24.2 Å². The number of primary amides is 1. The second kappa shape index (κ2) is 5.03. The van der Waals surface area contributed by atoms with E-state index in [0.717, 1.165) is 4.47 Å². The van der Waals surface area contributed by atoms with Gasteiger partial charge in [-0.25, -0.2) is 9.31 Å². The Bertz CT molecular complexity index is 714. The maximum atomic E-state index is 10.7. The SMILES string of the molecule is CC1(Oc2nc(Cl)cn3ncc(Br)c23)CC(OC(N)=O)C1. The molecule has 1 fully saturated rings. The van der Waals surface area contributed by atoms with Crippen LogP contribution in [0.3, 0.4) is 0 Å². The van der Waals surface area contributed by atoms with Crippen molar-refractivity contribution in [2.24, 2.45) is 5.73 Å². The predicted molar refractivity (Wildman–Crippen MR) is 78.4 cm³/mol. The first-order chi connectivity index (χ1) is 9.86. The molecule has 0 aromatic carbocycles. The molecule has 0 unspecified atom stereocenters. The van der Waals surface area contributed by atoms with E-state index in [2.05, 4.69) is 26.0 Å². The largest absolute Gasteiger partial charge is 0.469 e. The Kier molecular flexibility index (Phi) is 3.45. The van der Waals surface area contributed by atoms with Crippen LogP contribution in [0.15, 0.2) is 16.9 Å². The van der Waals surface area contributed by atoms with Gasteiger partial charge in [0.2, 0.25) is 5.88 Å². The highest BCUT2D eigenvalue weighted by atomic mass is 79.9. The molecule has 3 rings (SSSR count). The number of carbonyl (C=O) groups is 1. The van der Waals surface area contributed by atoms with Gasteiger partial charge in [0.1, 0.15) is 17.2 Å². The average Bonchev–Trinajstić information content (AvgIpc) is 2.68. The van der Waals surface area contributed by atoms with Crippen LogP contribution < -0.4 is 10.5 Å². The standard InChI is InChI=1S/C12H12BrClN4O3/c1-12(2-6(3-12)20-11(15)19)21-10-9-7(13)4-16-18(9)5-8(14)17-10/h4-6H,2-3H2,1H3,(H2,15,19). The minimum atomic E-state index is -0.774. The Morgan fingerprint density at radius 1 is 1.62 bits per heavy atom. The molecule has 1 amide bonds. The van der Waals surface area contributed by atoms with Crippen LogP contribution in [0.1, 0.15) is 19.8 Å². The molecule has 1 aliphatic rings. The van der Waals surface area contributed by atoms with Crippen molar-refractivity contribution in [1.82, 2.24) is 14.6 Å². The fraction of sp³-hybridized carbons (Fsp3) is 0.417. The average molecular weight is 376 g/mol. The van der Waals surface area contributed by atoms with Gasteiger partial charge in [0, 0.05) is 12.8 Å². The molecule has 1 saturated carbocycles. The summed E-state index contributed by atoms with van der Waals surface area (Å²) in [6.45, 7) is 1.91. The van der Waals surface area contributed by atoms with Gasteiger partial charge in [0.05, 0.1) is 16.9 Å². The van der Waals surface area contributed by atoms with Crippen LogP contribution in [-0.4, -0.2) is 32.4 Å². The zero-order chi connectivity index (χ0) is 15.2. The number of nitrogens with two attached hydrogens (primary N) is 1. The molecule has 9 heteroatoms. The second-order valence-corrected chi connectivity index (χ2v) is 6.42. The van der Waals surface area contributed by atoms with Crippen molar-refractivity contribution in [2.45, 2.75) is 31.5 Å². The van der Waals surface area contributed by atoms with Gasteiger partial charge in [-0.05, 0) is 22.9 Å². The molecule has 1 aliphatic carbocycles. The third-order valence-electron chi connectivity index (χ3n) is 3.34. The first kappa shape index (κ1) is 14.4. The lowest BCUT2D eigenvalue weighted by Crippen LogP contribution is -2.51. The number of amides is 1. The van der Waals surface area contributed by atoms with Gasteiger partial charge in [-0.1, -0.05) is 11.6 Å². The molecule has 2 N–H and O–H groups in total. The van der Waals surface area contributed by atoms with Crippen LogP contribution in [0.25, 0.3) is 5.52 Å². The number of halogens is 2. The van der Waals surface area contributed by atoms with E-state index >= 15 is 0 Å². The van der Waals surface area contributed by atoms with Crippen molar-refractivity contribution in [2.75, 3.05) is 0 Å². The number of rotatable bonds is 3. The highest BCUT2D eigenvalue weighted by Gasteiger charge is 2.45. The van der Waals surface area contributed by atoms with Crippen LogP contribution >= 0.6 is 27.5 Å². The first-order valence-electron chi connectivity index (χ1n) is 6.21. The zero-order valence-electron chi connectivity index (χ0n) is 11.0. The topological polar surface area (TPSA) is 91.7 Å². The highest BCUT2D eigenvalue weighted by molar-refractivity contribution is 9.10. The Morgan fingerprint density at radius 2 is 2.33 bits per heavy atom. The molecule has 0 saturated heterocycles. The van der Waals surface area contributed by atoms with Crippen LogP contribution in [0, 0.1) is 0 Å². The lowest BCUT2D eigenvalue weighted by atomic mass is 9.79. The highest BCUT2D eigenvalue weighted by Crippen LogP contribution is 2.40. The summed E-state index contributed by atoms with van der Waals surface area (Å²) in [5.41, 5.74) is 5.20. The molecule has 21 heavy (non-hydrogen) atoms. The van der Waals surface area contributed by atoms with E-state index in [1.54, 1.807) is 16.9 Å². The van der Waals surface area contributed by atoms with E-state index in [1.165, 1.54) is 0 Å². The number of aromatic nitrogens is 3. The molecule has 2 aromatic rings. The zero-order valence-corrected chi connectivity index (χ0v) is 13.4. The maximum absolute atomic E-state index is 10.7. The molecule has 2 heterocycles. The molecule has 0 bridgehead atoms. The molecule has 112 valence electrons. The number of hydrogen-bond acceptors (Lipinski definition) is 5. The molecule has 7 nitrogen and oxygen atoms in total. The van der Waals surface area contributed by atoms with E-state index in [9.17, 15) is 4.79 Å². The van der Waals surface area contributed by atoms with Gasteiger partial charge in [-0.3, -0.25) is 0 Å². The second-order valence-electron chi connectivity index (χ2n) is 5.17. The van der Waals surface area contributed by atoms with Gasteiger partial charge in [-0.15, -0.1) is 0 Å². The smallest absolute Gasteiger partial charge is 0.404 e. The molecule has 0 atom stereocenters. The molecular formula is C12H12BrClN4O3. The van der Waals surface area contributed by atoms with Gasteiger partial charge in [0.15, 0.2) is 5.15 Å². The van der Waals surface area contributed by atoms with Crippen LogP contribution in [0.2, 0.25) is 5.15 Å². The van der Waals surface area contributed by atoms with E-state index in [-0.39, 0.29) is 11.3 Å².